The SMILES string of the molecule is O=C(O)/C=C/C(=O)NCc1cc(F)cc(F)c1. The van der Waals surface area contributed by atoms with Crippen molar-refractivity contribution in [3.8, 4) is 0 Å². The molecule has 0 radical (unpaired) electrons. The fourth-order valence-electron chi connectivity index (χ4n) is 1.11. The predicted molar refractivity (Wildman–Crippen MR) is 55.0 cm³/mol. The van der Waals surface area contributed by atoms with E-state index in [9.17, 15) is 18.4 Å². The lowest BCUT2D eigenvalue weighted by Crippen LogP contribution is -2.20. The molecule has 0 aliphatic heterocycles. The number of rotatable bonds is 4. The first kappa shape index (κ1) is 12.8. The molecule has 90 valence electrons. The molecule has 0 unspecified atom stereocenters. The van der Waals surface area contributed by atoms with Gasteiger partial charge in [0.2, 0.25) is 5.91 Å². The lowest BCUT2D eigenvalue weighted by Gasteiger charge is -2.02. The lowest BCUT2D eigenvalue weighted by molar-refractivity contribution is -0.131. The molecular weight excluding hydrogens is 232 g/mol. The van der Waals surface area contributed by atoms with Crippen molar-refractivity contribution >= 4 is 11.9 Å². The molecule has 1 amide bonds. The Morgan fingerprint density at radius 2 is 1.76 bits per heavy atom. The fraction of sp³-hybridized carbons (Fsp3) is 0.0909. The smallest absolute Gasteiger partial charge is 0.328 e. The van der Waals surface area contributed by atoms with Crippen molar-refractivity contribution in [3.05, 3.63) is 47.5 Å². The third kappa shape index (κ3) is 4.87. The van der Waals surface area contributed by atoms with Crippen molar-refractivity contribution in [3.63, 3.8) is 0 Å². The normalized spacial score (nSPS) is 10.5. The van der Waals surface area contributed by atoms with Crippen molar-refractivity contribution in [1.82, 2.24) is 5.32 Å². The van der Waals surface area contributed by atoms with Gasteiger partial charge in [0.1, 0.15) is 11.6 Å². The van der Waals surface area contributed by atoms with E-state index in [0.29, 0.717) is 6.08 Å². The van der Waals surface area contributed by atoms with Crippen LogP contribution in [0.1, 0.15) is 5.56 Å². The first-order valence-corrected chi connectivity index (χ1v) is 4.61. The molecule has 0 aromatic heterocycles. The van der Waals surface area contributed by atoms with E-state index in [0.717, 1.165) is 24.3 Å². The average molecular weight is 241 g/mol. The highest BCUT2D eigenvalue weighted by Gasteiger charge is 2.02. The van der Waals surface area contributed by atoms with Crippen LogP contribution in [0.25, 0.3) is 0 Å². The Morgan fingerprint density at radius 1 is 1.18 bits per heavy atom. The number of carboxylic acid groups (broad SMARTS) is 1. The van der Waals surface area contributed by atoms with Gasteiger partial charge in [-0.25, -0.2) is 13.6 Å². The van der Waals surface area contributed by atoms with Crippen LogP contribution in [0.2, 0.25) is 0 Å². The molecule has 2 N–H and O–H groups in total. The van der Waals surface area contributed by atoms with E-state index in [-0.39, 0.29) is 12.1 Å². The molecule has 0 heterocycles. The van der Waals surface area contributed by atoms with Crippen LogP contribution in [0.4, 0.5) is 8.78 Å². The van der Waals surface area contributed by atoms with Crippen LogP contribution in [-0.4, -0.2) is 17.0 Å². The molecule has 4 nitrogen and oxygen atoms in total. The predicted octanol–water partition coefficient (Wildman–Crippen LogP) is 1.22. The second-order valence-corrected chi connectivity index (χ2v) is 3.17. The van der Waals surface area contributed by atoms with Gasteiger partial charge < -0.3 is 10.4 Å². The van der Waals surface area contributed by atoms with Crippen molar-refractivity contribution < 1.29 is 23.5 Å². The van der Waals surface area contributed by atoms with Gasteiger partial charge >= 0.3 is 5.97 Å². The largest absolute Gasteiger partial charge is 0.478 e. The molecule has 0 aliphatic carbocycles. The molecule has 0 saturated heterocycles. The third-order valence-electron chi connectivity index (χ3n) is 1.77. The molecule has 0 spiro atoms. The molecule has 0 atom stereocenters. The minimum atomic E-state index is -1.25. The van der Waals surface area contributed by atoms with Crippen molar-refractivity contribution in [2.45, 2.75) is 6.54 Å². The van der Waals surface area contributed by atoms with E-state index in [1.165, 1.54) is 0 Å². The zero-order valence-electron chi connectivity index (χ0n) is 8.61. The first-order chi connectivity index (χ1) is 7.97. The van der Waals surface area contributed by atoms with Crippen LogP contribution in [-0.2, 0) is 16.1 Å². The number of hydrogen-bond donors (Lipinski definition) is 2. The van der Waals surface area contributed by atoms with E-state index in [1.807, 2.05) is 0 Å². The summed E-state index contributed by atoms with van der Waals surface area (Å²) in [6.07, 6.45) is 1.49. The Bertz CT molecular complexity index is 452. The van der Waals surface area contributed by atoms with Gasteiger partial charge in [0.05, 0.1) is 0 Å². The maximum absolute atomic E-state index is 12.8. The van der Waals surface area contributed by atoms with E-state index in [4.69, 9.17) is 5.11 Å². The molecule has 0 saturated carbocycles. The Morgan fingerprint density at radius 3 is 2.29 bits per heavy atom. The van der Waals surface area contributed by atoms with Crippen LogP contribution in [0.5, 0.6) is 0 Å². The van der Waals surface area contributed by atoms with E-state index in [1.54, 1.807) is 0 Å². The van der Waals surface area contributed by atoms with Crippen LogP contribution >= 0.6 is 0 Å². The zero-order chi connectivity index (χ0) is 12.8. The highest BCUT2D eigenvalue weighted by molar-refractivity contribution is 5.93. The molecule has 1 aromatic carbocycles. The lowest BCUT2D eigenvalue weighted by atomic mass is 10.2. The van der Waals surface area contributed by atoms with Gasteiger partial charge in [0, 0.05) is 24.8 Å². The van der Waals surface area contributed by atoms with Gasteiger partial charge in [0.15, 0.2) is 0 Å². The summed E-state index contributed by atoms with van der Waals surface area (Å²) in [6.45, 7) is -0.0858. The number of aliphatic carboxylic acids is 1. The monoisotopic (exact) mass is 241 g/mol. The summed E-state index contributed by atoms with van der Waals surface area (Å²) in [4.78, 5) is 21.1. The Labute approximate surface area is 95.6 Å². The molecule has 6 heteroatoms. The quantitative estimate of drug-likeness (QED) is 0.779. The molecule has 0 bridgehead atoms. The summed E-state index contributed by atoms with van der Waals surface area (Å²) in [7, 11) is 0. The maximum atomic E-state index is 12.8. The van der Waals surface area contributed by atoms with Gasteiger partial charge in [-0.1, -0.05) is 0 Å². The number of carbonyl (C=O) groups is 2. The summed E-state index contributed by atoms with van der Waals surface area (Å²) < 4.78 is 25.5. The summed E-state index contributed by atoms with van der Waals surface area (Å²) >= 11 is 0. The minimum Gasteiger partial charge on any atom is -0.478 e. The molecule has 0 aliphatic rings. The number of carboxylic acids is 1. The molecule has 1 aromatic rings. The van der Waals surface area contributed by atoms with Crippen LogP contribution in [0, 0.1) is 11.6 Å². The summed E-state index contributed by atoms with van der Waals surface area (Å²) in [6, 6.07) is 2.87. The van der Waals surface area contributed by atoms with E-state index >= 15 is 0 Å². The van der Waals surface area contributed by atoms with Crippen molar-refractivity contribution in [2.75, 3.05) is 0 Å². The fourth-order valence-corrected chi connectivity index (χ4v) is 1.11. The highest BCUT2D eigenvalue weighted by atomic mass is 19.1. The number of halogens is 2. The summed E-state index contributed by atoms with van der Waals surface area (Å²) in [5.41, 5.74) is 0.250. The Balaban J connectivity index is 2.55. The Hall–Kier alpha value is -2.24. The van der Waals surface area contributed by atoms with Gasteiger partial charge in [-0.2, -0.15) is 0 Å². The molecular formula is C11H9F2NO3. The summed E-state index contributed by atoms with van der Waals surface area (Å²) in [5.74, 6) is -3.39. The number of amides is 1. The van der Waals surface area contributed by atoms with E-state index < -0.39 is 23.5 Å². The van der Waals surface area contributed by atoms with Gasteiger partial charge in [0.25, 0.3) is 0 Å². The second kappa shape index (κ2) is 5.74. The number of carbonyl (C=O) groups excluding carboxylic acids is 1. The van der Waals surface area contributed by atoms with Crippen LogP contribution < -0.4 is 5.32 Å². The highest BCUT2D eigenvalue weighted by Crippen LogP contribution is 2.07. The molecule has 1 rings (SSSR count). The topological polar surface area (TPSA) is 66.4 Å². The van der Waals surface area contributed by atoms with Crippen LogP contribution in [0.15, 0.2) is 30.4 Å². The minimum absolute atomic E-state index is 0.0858. The molecule has 0 fully saturated rings. The second-order valence-electron chi connectivity index (χ2n) is 3.17. The zero-order valence-corrected chi connectivity index (χ0v) is 8.61. The van der Waals surface area contributed by atoms with Gasteiger partial charge in [-0.15, -0.1) is 0 Å². The Kier molecular flexibility index (Phi) is 4.33. The average Bonchev–Trinajstić information content (AvgIpc) is 2.22. The van der Waals surface area contributed by atoms with Crippen LogP contribution in [0.3, 0.4) is 0 Å². The standard InChI is InChI=1S/C11H9F2NO3/c12-8-3-7(4-9(13)5-8)6-14-10(15)1-2-11(16)17/h1-5H,6H2,(H,14,15)(H,16,17)/b2-1+. The first-order valence-electron chi connectivity index (χ1n) is 4.61. The van der Waals surface area contributed by atoms with Gasteiger partial charge in [-0.05, 0) is 17.7 Å². The summed E-state index contributed by atoms with van der Waals surface area (Å²) in [5, 5.41) is 10.5. The number of hydrogen-bond acceptors (Lipinski definition) is 2. The van der Waals surface area contributed by atoms with Crippen molar-refractivity contribution in [2.24, 2.45) is 0 Å². The maximum Gasteiger partial charge on any atom is 0.328 e. The van der Waals surface area contributed by atoms with Gasteiger partial charge in [-0.3, -0.25) is 4.79 Å². The molecule has 17 heavy (non-hydrogen) atoms. The number of benzene rings is 1. The number of nitrogens with one attached hydrogen (secondary N) is 1. The van der Waals surface area contributed by atoms with E-state index in [2.05, 4.69) is 5.32 Å². The third-order valence-corrected chi connectivity index (χ3v) is 1.77. The van der Waals surface area contributed by atoms with Crippen molar-refractivity contribution in [1.29, 1.82) is 0 Å².